The maximum Gasteiger partial charge on any atom is 0.220 e. The minimum atomic E-state index is 0.194. The molecule has 0 spiro atoms. The van der Waals surface area contributed by atoms with Crippen molar-refractivity contribution in [1.82, 2.24) is 5.32 Å². The molecule has 1 N–H and O–H groups in total. The first-order valence-electron chi connectivity index (χ1n) is 7.84. The van der Waals surface area contributed by atoms with Gasteiger partial charge in [-0.15, -0.1) is 0 Å². The van der Waals surface area contributed by atoms with Crippen LogP contribution in [-0.2, 0) is 4.79 Å². The predicted molar refractivity (Wildman–Crippen MR) is 87.8 cm³/mol. The first kappa shape index (κ1) is 18.9. The Kier molecular flexibility index (Phi) is 11.7. The van der Waals surface area contributed by atoms with Crippen molar-refractivity contribution in [2.24, 2.45) is 5.41 Å². The normalized spacial score (nSPS) is 11.6. The second kappa shape index (κ2) is 11.7. The fraction of sp³-hybridized carbons (Fsp3) is 0.938. The second-order valence-corrected chi connectivity index (χ2v) is 7.04. The number of halogens is 1. The van der Waals surface area contributed by atoms with Crippen LogP contribution in [0.1, 0.15) is 78.6 Å². The van der Waals surface area contributed by atoms with E-state index in [1.165, 1.54) is 38.5 Å². The van der Waals surface area contributed by atoms with E-state index >= 15 is 0 Å². The first-order chi connectivity index (χ1) is 9.02. The summed E-state index contributed by atoms with van der Waals surface area (Å²) in [6.45, 7) is 7.42. The molecule has 0 aliphatic carbocycles. The number of hydrogen-bond acceptors (Lipinski definition) is 1. The van der Waals surface area contributed by atoms with Gasteiger partial charge < -0.3 is 5.32 Å². The third kappa shape index (κ3) is 12.7. The van der Waals surface area contributed by atoms with Crippen LogP contribution in [0.15, 0.2) is 0 Å². The zero-order chi connectivity index (χ0) is 14.6. The van der Waals surface area contributed by atoms with Gasteiger partial charge in [-0.3, -0.25) is 4.79 Å². The Hall–Kier alpha value is -0.0500. The summed E-state index contributed by atoms with van der Waals surface area (Å²) in [5.74, 6) is 0.219. The lowest BCUT2D eigenvalue weighted by Crippen LogP contribution is -2.34. The zero-order valence-electron chi connectivity index (χ0n) is 13.1. The molecule has 19 heavy (non-hydrogen) atoms. The van der Waals surface area contributed by atoms with Gasteiger partial charge in [-0.25, -0.2) is 0 Å². The van der Waals surface area contributed by atoms with Gasteiger partial charge in [0, 0.05) is 18.3 Å². The summed E-state index contributed by atoms with van der Waals surface area (Å²) in [5.41, 5.74) is 0.194. The fourth-order valence-electron chi connectivity index (χ4n) is 2.01. The lowest BCUT2D eigenvalue weighted by Gasteiger charge is -2.23. The first-order valence-corrected chi connectivity index (χ1v) is 8.96. The number of nitrogens with one attached hydrogen (secondary N) is 1. The lowest BCUT2D eigenvalue weighted by atomic mass is 9.90. The van der Waals surface area contributed by atoms with Crippen LogP contribution in [0.2, 0.25) is 0 Å². The number of carbonyl (C=O) groups is 1. The molecule has 0 atom stereocenters. The van der Waals surface area contributed by atoms with Crippen molar-refractivity contribution in [2.75, 3.05) is 11.9 Å². The third-order valence-corrected chi connectivity index (χ3v) is 3.94. The molecule has 0 saturated carbocycles. The van der Waals surface area contributed by atoms with Crippen molar-refractivity contribution in [3.63, 3.8) is 0 Å². The quantitative estimate of drug-likeness (QED) is 0.392. The molecular weight excluding hydrogens is 302 g/mol. The summed E-state index contributed by atoms with van der Waals surface area (Å²) in [6, 6.07) is 0. The predicted octanol–water partition coefficient (Wildman–Crippen LogP) is 5.05. The molecule has 0 heterocycles. The second-order valence-electron chi connectivity index (χ2n) is 6.25. The Morgan fingerprint density at radius 2 is 1.63 bits per heavy atom. The van der Waals surface area contributed by atoms with Gasteiger partial charge in [0.05, 0.1) is 0 Å². The summed E-state index contributed by atoms with van der Waals surface area (Å²) >= 11 is 3.46. The summed E-state index contributed by atoms with van der Waals surface area (Å²) in [5, 5.41) is 4.05. The summed E-state index contributed by atoms with van der Waals surface area (Å²) in [6.07, 6.45) is 10.6. The van der Waals surface area contributed by atoms with Crippen LogP contribution in [0, 0.1) is 5.41 Å². The molecule has 0 unspecified atom stereocenters. The molecule has 1 amide bonds. The standard InChI is InChI=1S/C16H32BrNO/c1-4-5-6-7-8-9-10-11-15(19)18-14-16(2,3)12-13-17/h4-14H2,1-3H3,(H,18,19). The number of carbonyl (C=O) groups excluding carboxylic acids is 1. The van der Waals surface area contributed by atoms with E-state index in [0.29, 0.717) is 6.42 Å². The van der Waals surface area contributed by atoms with E-state index in [0.717, 1.165) is 24.7 Å². The van der Waals surface area contributed by atoms with Gasteiger partial charge in [-0.1, -0.05) is 75.2 Å². The van der Waals surface area contributed by atoms with Crippen LogP contribution in [0.3, 0.4) is 0 Å². The van der Waals surface area contributed by atoms with E-state index in [1.54, 1.807) is 0 Å². The van der Waals surface area contributed by atoms with Gasteiger partial charge in [-0.2, -0.15) is 0 Å². The number of alkyl halides is 1. The van der Waals surface area contributed by atoms with Gasteiger partial charge in [0.15, 0.2) is 0 Å². The Labute approximate surface area is 128 Å². The van der Waals surface area contributed by atoms with Crippen molar-refractivity contribution in [2.45, 2.75) is 78.6 Å². The highest BCUT2D eigenvalue weighted by Gasteiger charge is 2.17. The average molecular weight is 334 g/mol. The van der Waals surface area contributed by atoms with E-state index in [-0.39, 0.29) is 11.3 Å². The molecule has 0 saturated heterocycles. The number of rotatable bonds is 12. The minimum absolute atomic E-state index is 0.194. The third-order valence-electron chi connectivity index (χ3n) is 3.54. The van der Waals surface area contributed by atoms with Gasteiger partial charge >= 0.3 is 0 Å². The molecule has 2 nitrogen and oxygen atoms in total. The number of hydrogen-bond donors (Lipinski definition) is 1. The van der Waals surface area contributed by atoms with Crippen molar-refractivity contribution < 1.29 is 4.79 Å². The summed E-state index contributed by atoms with van der Waals surface area (Å²) < 4.78 is 0. The van der Waals surface area contributed by atoms with Gasteiger partial charge in [0.2, 0.25) is 5.91 Å². The monoisotopic (exact) mass is 333 g/mol. The van der Waals surface area contributed by atoms with Crippen LogP contribution >= 0.6 is 15.9 Å². The molecule has 0 aliphatic heterocycles. The minimum Gasteiger partial charge on any atom is -0.356 e. The van der Waals surface area contributed by atoms with E-state index < -0.39 is 0 Å². The fourth-order valence-corrected chi connectivity index (χ4v) is 3.09. The van der Waals surface area contributed by atoms with E-state index in [9.17, 15) is 4.79 Å². The zero-order valence-corrected chi connectivity index (χ0v) is 14.7. The molecule has 0 aromatic heterocycles. The molecule has 0 aromatic rings. The van der Waals surface area contributed by atoms with Crippen LogP contribution in [0.25, 0.3) is 0 Å². The van der Waals surface area contributed by atoms with Crippen molar-refractivity contribution in [3.8, 4) is 0 Å². The van der Waals surface area contributed by atoms with Gasteiger partial charge in [0.1, 0.15) is 0 Å². The molecule has 0 bridgehead atoms. The van der Waals surface area contributed by atoms with Crippen molar-refractivity contribution >= 4 is 21.8 Å². The topological polar surface area (TPSA) is 29.1 Å². The number of unbranched alkanes of at least 4 members (excludes halogenated alkanes) is 6. The number of amides is 1. The average Bonchev–Trinajstić information content (AvgIpc) is 2.35. The molecular formula is C16H32BrNO. The maximum atomic E-state index is 11.7. The largest absolute Gasteiger partial charge is 0.356 e. The van der Waals surface area contributed by atoms with Crippen molar-refractivity contribution in [1.29, 1.82) is 0 Å². The highest BCUT2D eigenvalue weighted by molar-refractivity contribution is 9.09. The van der Waals surface area contributed by atoms with Crippen LogP contribution in [0.4, 0.5) is 0 Å². The maximum absolute atomic E-state index is 11.7. The van der Waals surface area contributed by atoms with E-state index in [4.69, 9.17) is 0 Å². The Bertz CT molecular complexity index is 229. The molecule has 0 radical (unpaired) electrons. The van der Waals surface area contributed by atoms with Crippen molar-refractivity contribution in [3.05, 3.63) is 0 Å². The molecule has 0 aromatic carbocycles. The summed E-state index contributed by atoms with van der Waals surface area (Å²) in [4.78, 5) is 11.7. The van der Waals surface area contributed by atoms with E-state index in [1.807, 2.05) is 0 Å². The van der Waals surface area contributed by atoms with Crippen LogP contribution < -0.4 is 5.32 Å². The van der Waals surface area contributed by atoms with Crippen LogP contribution in [-0.4, -0.2) is 17.8 Å². The van der Waals surface area contributed by atoms with Gasteiger partial charge in [-0.05, 0) is 18.3 Å². The van der Waals surface area contributed by atoms with Crippen LogP contribution in [0.5, 0.6) is 0 Å². The smallest absolute Gasteiger partial charge is 0.220 e. The summed E-state index contributed by atoms with van der Waals surface area (Å²) in [7, 11) is 0. The Morgan fingerprint density at radius 3 is 2.21 bits per heavy atom. The molecule has 3 heteroatoms. The highest BCUT2D eigenvalue weighted by atomic mass is 79.9. The molecule has 0 fully saturated rings. The lowest BCUT2D eigenvalue weighted by molar-refractivity contribution is -0.121. The SMILES string of the molecule is CCCCCCCCCC(=O)NCC(C)(C)CCBr. The molecule has 0 rings (SSSR count). The highest BCUT2D eigenvalue weighted by Crippen LogP contribution is 2.20. The Morgan fingerprint density at radius 1 is 1.05 bits per heavy atom. The van der Waals surface area contributed by atoms with Gasteiger partial charge in [0.25, 0.3) is 0 Å². The Balaban J connectivity index is 3.44. The molecule has 0 aliphatic rings. The molecule has 114 valence electrons. The van der Waals surface area contributed by atoms with E-state index in [2.05, 4.69) is 42.0 Å².